The van der Waals surface area contributed by atoms with E-state index in [0.29, 0.717) is 12.5 Å². The van der Waals surface area contributed by atoms with Crippen molar-refractivity contribution in [1.82, 2.24) is 10.2 Å². The number of likely N-dealkylation sites (tertiary alicyclic amines) is 1. The van der Waals surface area contributed by atoms with Gasteiger partial charge in [0.2, 0.25) is 5.91 Å². The van der Waals surface area contributed by atoms with Gasteiger partial charge in [0.15, 0.2) is 0 Å². The molecule has 26 heavy (non-hydrogen) atoms. The van der Waals surface area contributed by atoms with Crippen molar-refractivity contribution in [3.05, 3.63) is 71.8 Å². The Kier molecular flexibility index (Phi) is 6.42. The Morgan fingerprint density at radius 1 is 1.15 bits per heavy atom. The van der Waals surface area contributed by atoms with Crippen molar-refractivity contribution in [3.8, 4) is 0 Å². The molecule has 1 saturated heterocycles. The Labute approximate surface area is 156 Å². The zero-order valence-corrected chi connectivity index (χ0v) is 15.5. The first kappa shape index (κ1) is 18.6. The molecule has 4 nitrogen and oxygen atoms in total. The lowest BCUT2D eigenvalue weighted by Crippen LogP contribution is -2.48. The first-order chi connectivity index (χ1) is 12.6. The molecule has 3 N–H and O–H groups in total. The molecule has 0 spiro atoms. The Morgan fingerprint density at radius 2 is 1.81 bits per heavy atom. The number of hydrogen-bond acceptors (Lipinski definition) is 3. The zero-order chi connectivity index (χ0) is 18.4. The lowest BCUT2D eigenvalue weighted by atomic mass is 9.97. The first-order valence-electron chi connectivity index (χ1n) is 9.49. The number of piperidine rings is 1. The monoisotopic (exact) mass is 351 g/mol. The van der Waals surface area contributed by atoms with Crippen molar-refractivity contribution in [3.63, 3.8) is 0 Å². The summed E-state index contributed by atoms with van der Waals surface area (Å²) in [6.07, 6.45) is 2.31. The second-order valence-corrected chi connectivity index (χ2v) is 7.32. The zero-order valence-electron chi connectivity index (χ0n) is 15.5. The van der Waals surface area contributed by atoms with Crippen LogP contribution in [0.15, 0.2) is 60.7 Å². The Hall–Kier alpha value is -2.17. The molecule has 1 fully saturated rings. The summed E-state index contributed by atoms with van der Waals surface area (Å²) < 4.78 is 0. The second kappa shape index (κ2) is 8.97. The van der Waals surface area contributed by atoms with Gasteiger partial charge in [0.25, 0.3) is 0 Å². The molecular weight excluding hydrogens is 322 g/mol. The second-order valence-electron chi connectivity index (χ2n) is 7.32. The van der Waals surface area contributed by atoms with E-state index < -0.39 is 0 Å². The van der Waals surface area contributed by atoms with Crippen LogP contribution >= 0.6 is 0 Å². The van der Waals surface area contributed by atoms with Crippen molar-refractivity contribution in [2.24, 2.45) is 5.73 Å². The summed E-state index contributed by atoms with van der Waals surface area (Å²) in [5.41, 5.74) is 8.52. The SMILES string of the molecule is CC1CC(NC(=O)CC(N)c2ccccc2)CCN1Cc1ccccc1. The van der Waals surface area contributed by atoms with Gasteiger partial charge in [-0.2, -0.15) is 0 Å². The summed E-state index contributed by atoms with van der Waals surface area (Å²) in [6, 6.07) is 20.8. The molecule has 1 aliphatic heterocycles. The Morgan fingerprint density at radius 3 is 2.46 bits per heavy atom. The highest BCUT2D eigenvalue weighted by Crippen LogP contribution is 2.20. The van der Waals surface area contributed by atoms with E-state index in [-0.39, 0.29) is 18.0 Å². The number of carbonyl (C=O) groups is 1. The van der Waals surface area contributed by atoms with Crippen LogP contribution in [0.4, 0.5) is 0 Å². The molecule has 1 heterocycles. The van der Waals surface area contributed by atoms with E-state index in [1.54, 1.807) is 0 Å². The van der Waals surface area contributed by atoms with Crippen LogP contribution in [0.5, 0.6) is 0 Å². The number of amides is 1. The fourth-order valence-corrected chi connectivity index (χ4v) is 3.71. The molecule has 0 saturated carbocycles. The van der Waals surface area contributed by atoms with Crippen LogP contribution < -0.4 is 11.1 Å². The summed E-state index contributed by atoms with van der Waals surface area (Å²) in [4.78, 5) is 14.9. The fraction of sp³-hybridized carbons (Fsp3) is 0.409. The van der Waals surface area contributed by atoms with Gasteiger partial charge >= 0.3 is 0 Å². The number of nitrogens with one attached hydrogen (secondary N) is 1. The molecule has 0 aromatic heterocycles. The molecule has 0 aliphatic carbocycles. The Balaban J connectivity index is 1.46. The van der Waals surface area contributed by atoms with Gasteiger partial charge in [0.1, 0.15) is 0 Å². The van der Waals surface area contributed by atoms with E-state index in [0.717, 1.165) is 31.5 Å². The third-order valence-corrected chi connectivity index (χ3v) is 5.24. The van der Waals surface area contributed by atoms with E-state index in [2.05, 4.69) is 47.5 Å². The topological polar surface area (TPSA) is 58.4 Å². The van der Waals surface area contributed by atoms with Crippen LogP contribution in [0.3, 0.4) is 0 Å². The van der Waals surface area contributed by atoms with Gasteiger partial charge < -0.3 is 11.1 Å². The van der Waals surface area contributed by atoms with E-state index in [1.807, 2.05) is 30.3 Å². The number of rotatable bonds is 6. The molecule has 2 aromatic carbocycles. The maximum absolute atomic E-state index is 12.4. The number of nitrogens with zero attached hydrogens (tertiary/aromatic N) is 1. The largest absolute Gasteiger partial charge is 0.353 e. The lowest BCUT2D eigenvalue weighted by Gasteiger charge is -2.38. The average molecular weight is 351 g/mol. The number of nitrogens with two attached hydrogens (primary N) is 1. The third-order valence-electron chi connectivity index (χ3n) is 5.24. The van der Waals surface area contributed by atoms with Crippen molar-refractivity contribution in [2.45, 2.75) is 50.9 Å². The van der Waals surface area contributed by atoms with Gasteiger partial charge in [-0.1, -0.05) is 60.7 Å². The van der Waals surface area contributed by atoms with E-state index in [1.165, 1.54) is 5.56 Å². The van der Waals surface area contributed by atoms with Crippen LogP contribution in [0.2, 0.25) is 0 Å². The van der Waals surface area contributed by atoms with Crippen molar-refractivity contribution < 1.29 is 4.79 Å². The summed E-state index contributed by atoms with van der Waals surface area (Å²) in [5.74, 6) is 0.0510. The van der Waals surface area contributed by atoms with Crippen LogP contribution in [-0.4, -0.2) is 29.4 Å². The molecule has 3 rings (SSSR count). The van der Waals surface area contributed by atoms with Crippen LogP contribution in [0.1, 0.15) is 43.4 Å². The molecule has 3 unspecified atom stereocenters. The molecule has 2 aromatic rings. The minimum atomic E-state index is -0.244. The first-order valence-corrected chi connectivity index (χ1v) is 9.49. The van der Waals surface area contributed by atoms with Gasteiger partial charge in [0, 0.05) is 37.6 Å². The van der Waals surface area contributed by atoms with Crippen molar-refractivity contribution in [2.75, 3.05) is 6.54 Å². The maximum Gasteiger partial charge on any atom is 0.222 e. The van der Waals surface area contributed by atoms with Gasteiger partial charge in [-0.3, -0.25) is 9.69 Å². The minimum absolute atomic E-state index is 0.0510. The summed E-state index contributed by atoms with van der Waals surface area (Å²) in [6.45, 7) is 4.23. The van der Waals surface area contributed by atoms with Crippen LogP contribution in [-0.2, 0) is 11.3 Å². The lowest BCUT2D eigenvalue weighted by molar-refractivity contribution is -0.122. The van der Waals surface area contributed by atoms with Crippen molar-refractivity contribution >= 4 is 5.91 Å². The highest BCUT2D eigenvalue weighted by atomic mass is 16.1. The third kappa shape index (κ3) is 5.16. The summed E-state index contributed by atoms with van der Waals surface area (Å²) in [7, 11) is 0. The minimum Gasteiger partial charge on any atom is -0.353 e. The molecule has 0 bridgehead atoms. The highest BCUT2D eigenvalue weighted by Gasteiger charge is 2.26. The summed E-state index contributed by atoms with van der Waals surface area (Å²) in [5, 5.41) is 3.19. The van der Waals surface area contributed by atoms with Gasteiger partial charge in [-0.25, -0.2) is 0 Å². The number of carbonyl (C=O) groups excluding carboxylic acids is 1. The van der Waals surface area contributed by atoms with Gasteiger partial charge in [-0.15, -0.1) is 0 Å². The van der Waals surface area contributed by atoms with Crippen LogP contribution in [0, 0.1) is 0 Å². The average Bonchev–Trinajstić information content (AvgIpc) is 2.65. The fourth-order valence-electron chi connectivity index (χ4n) is 3.71. The molecule has 138 valence electrons. The quantitative estimate of drug-likeness (QED) is 0.840. The maximum atomic E-state index is 12.4. The normalized spacial score (nSPS) is 21.9. The van der Waals surface area contributed by atoms with Crippen LogP contribution in [0.25, 0.3) is 0 Å². The predicted molar refractivity (Wildman–Crippen MR) is 105 cm³/mol. The molecule has 1 amide bonds. The van der Waals surface area contributed by atoms with Crippen molar-refractivity contribution in [1.29, 1.82) is 0 Å². The molecule has 0 radical (unpaired) electrons. The summed E-state index contributed by atoms with van der Waals surface area (Å²) >= 11 is 0. The van der Waals surface area contributed by atoms with E-state index in [9.17, 15) is 4.79 Å². The van der Waals surface area contributed by atoms with Gasteiger partial charge in [-0.05, 0) is 30.9 Å². The molecule has 4 heteroatoms. The molecular formula is C22H29N3O. The standard InChI is InChI=1S/C22H29N3O/c1-17-14-20(12-13-25(17)16-18-8-4-2-5-9-18)24-22(26)15-21(23)19-10-6-3-7-11-19/h2-11,17,20-21H,12-16,23H2,1H3,(H,24,26). The van der Waals surface area contributed by atoms with E-state index >= 15 is 0 Å². The predicted octanol–water partition coefficient (Wildman–Crippen LogP) is 3.25. The van der Waals surface area contributed by atoms with Gasteiger partial charge in [0.05, 0.1) is 0 Å². The molecule has 3 atom stereocenters. The number of benzene rings is 2. The number of hydrogen-bond donors (Lipinski definition) is 2. The Bertz CT molecular complexity index is 689. The highest BCUT2D eigenvalue weighted by molar-refractivity contribution is 5.77. The molecule has 1 aliphatic rings. The smallest absolute Gasteiger partial charge is 0.222 e. The van der Waals surface area contributed by atoms with E-state index in [4.69, 9.17) is 5.73 Å².